The van der Waals surface area contributed by atoms with E-state index in [1.165, 1.54) is 6.07 Å². The quantitative estimate of drug-likeness (QED) is 0.849. The van der Waals surface area contributed by atoms with Gasteiger partial charge in [-0.3, -0.25) is 0 Å². The van der Waals surface area contributed by atoms with Crippen LogP contribution in [0, 0.1) is 17.1 Å². The van der Waals surface area contributed by atoms with Crippen molar-refractivity contribution >= 4 is 0 Å². The van der Waals surface area contributed by atoms with Crippen molar-refractivity contribution in [2.75, 3.05) is 0 Å². The number of para-hydroxylation sites is 1. The molecule has 0 spiro atoms. The van der Waals surface area contributed by atoms with Gasteiger partial charge in [-0.05, 0) is 26.0 Å². The Morgan fingerprint density at radius 1 is 1.56 bits per heavy atom. The first-order chi connectivity index (χ1) is 7.44. The molecule has 1 rings (SSSR count). The molecule has 4 heteroatoms. The monoisotopic (exact) mass is 222 g/mol. The molecule has 0 aliphatic rings. The van der Waals surface area contributed by atoms with E-state index < -0.39 is 11.4 Å². The van der Waals surface area contributed by atoms with E-state index >= 15 is 0 Å². The fraction of sp³-hybridized carbons (Fsp3) is 0.417. The fourth-order valence-electron chi connectivity index (χ4n) is 1.44. The van der Waals surface area contributed by atoms with Gasteiger partial charge in [0.2, 0.25) is 0 Å². The molecule has 0 heterocycles. The third kappa shape index (κ3) is 3.52. The van der Waals surface area contributed by atoms with Crippen LogP contribution < -0.4 is 10.5 Å². The van der Waals surface area contributed by atoms with E-state index in [9.17, 15) is 4.39 Å². The first-order valence-corrected chi connectivity index (χ1v) is 5.06. The summed E-state index contributed by atoms with van der Waals surface area (Å²) in [6.07, 6.45) is 0.0317. The van der Waals surface area contributed by atoms with E-state index in [0.29, 0.717) is 6.42 Å². The largest absolute Gasteiger partial charge is 0.488 e. The Balaban J connectivity index is 2.63. The summed E-state index contributed by atoms with van der Waals surface area (Å²) in [5.74, 6) is -0.228. The van der Waals surface area contributed by atoms with Crippen molar-refractivity contribution in [2.24, 2.45) is 5.73 Å². The predicted octanol–water partition coefficient (Wildman–Crippen LogP) is 2.22. The minimum atomic E-state index is -0.954. The van der Waals surface area contributed by atoms with Gasteiger partial charge in [0, 0.05) is 6.42 Å². The summed E-state index contributed by atoms with van der Waals surface area (Å²) in [6.45, 7) is 3.38. The summed E-state index contributed by atoms with van der Waals surface area (Å²) in [7, 11) is 0. The summed E-state index contributed by atoms with van der Waals surface area (Å²) < 4.78 is 18.6. The van der Waals surface area contributed by atoms with E-state index in [1.807, 2.05) is 6.07 Å². The number of rotatable bonds is 4. The Labute approximate surface area is 94.6 Å². The predicted molar refractivity (Wildman–Crippen MR) is 59.3 cm³/mol. The Hall–Kier alpha value is -1.60. The average Bonchev–Trinajstić information content (AvgIpc) is 2.21. The first kappa shape index (κ1) is 12.5. The van der Waals surface area contributed by atoms with Gasteiger partial charge < -0.3 is 10.5 Å². The number of halogens is 1. The van der Waals surface area contributed by atoms with Gasteiger partial charge >= 0.3 is 0 Å². The average molecular weight is 222 g/mol. The molecule has 1 aromatic rings. The molecule has 0 saturated carbocycles. The zero-order valence-electron chi connectivity index (χ0n) is 9.40. The highest BCUT2D eigenvalue weighted by Gasteiger charge is 2.22. The molecule has 2 unspecified atom stereocenters. The Kier molecular flexibility index (Phi) is 3.86. The lowest BCUT2D eigenvalue weighted by Crippen LogP contribution is -2.38. The van der Waals surface area contributed by atoms with E-state index in [-0.39, 0.29) is 11.9 Å². The summed E-state index contributed by atoms with van der Waals surface area (Å²) in [4.78, 5) is 0. The second-order valence-corrected chi connectivity index (χ2v) is 4.09. The molecule has 0 bridgehead atoms. The van der Waals surface area contributed by atoms with Crippen LogP contribution >= 0.6 is 0 Å². The molecule has 0 aliphatic heterocycles. The standard InChI is InChI=1S/C12H15FN2O/c1-9(7-12(2,15)8-14)16-11-6-4-3-5-10(11)13/h3-6,9H,7,15H2,1-2H3. The first-order valence-electron chi connectivity index (χ1n) is 5.06. The molecule has 2 N–H and O–H groups in total. The van der Waals surface area contributed by atoms with Crippen LogP contribution in [0.15, 0.2) is 24.3 Å². The highest BCUT2D eigenvalue weighted by Crippen LogP contribution is 2.19. The van der Waals surface area contributed by atoms with Crippen LogP contribution in [-0.2, 0) is 0 Å². The van der Waals surface area contributed by atoms with Gasteiger partial charge in [0.25, 0.3) is 0 Å². The summed E-state index contributed by atoms with van der Waals surface area (Å²) >= 11 is 0. The molecule has 16 heavy (non-hydrogen) atoms. The molecule has 0 aromatic heterocycles. The number of hydrogen-bond donors (Lipinski definition) is 1. The van der Waals surface area contributed by atoms with Crippen LogP contribution in [0.25, 0.3) is 0 Å². The lowest BCUT2D eigenvalue weighted by molar-refractivity contribution is 0.183. The van der Waals surface area contributed by atoms with Gasteiger partial charge in [-0.1, -0.05) is 12.1 Å². The van der Waals surface area contributed by atoms with E-state index in [1.54, 1.807) is 32.0 Å². The summed E-state index contributed by atoms with van der Waals surface area (Å²) in [5.41, 5.74) is 4.72. The van der Waals surface area contributed by atoms with Crippen LogP contribution in [0.5, 0.6) is 5.75 Å². The van der Waals surface area contributed by atoms with Crippen molar-refractivity contribution in [3.8, 4) is 11.8 Å². The van der Waals surface area contributed by atoms with Gasteiger partial charge in [0.05, 0.1) is 12.2 Å². The van der Waals surface area contributed by atoms with Crippen molar-refractivity contribution in [1.82, 2.24) is 0 Å². The Morgan fingerprint density at radius 2 is 2.19 bits per heavy atom. The van der Waals surface area contributed by atoms with Crippen molar-refractivity contribution in [1.29, 1.82) is 5.26 Å². The molecule has 86 valence electrons. The number of nitrogens with two attached hydrogens (primary N) is 1. The van der Waals surface area contributed by atoms with Crippen LogP contribution in [0.1, 0.15) is 20.3 Å². The second-order valence-electron chi connectivity index (χ2n) is 4.09. The molecular formula is C12H15FN2O. The van der Waals surface area contributed by atoms with Crippen LogP contribution in [0.2, 0.25) is 0 Å². The number of nitriles is 1. The third-order valence-corrected chi connectivity index (χ3v) is 2.13. The van der Waals surface area contributed by atoms with Gasteiger partial charge in [-0.2, -0.15) is 5.26 Å². The molecule has 1 aromatic carbocycles. The number of hydrogen-bond acceptors (Lipinski definition) is 3. The highest BCUT2D eigenvalue weighted by molar-refractivity contribution is 5.24. The summed E-state index contributed by atoms with van der Waals surface area (Å²) in [5, 5.41) is 8.76. The van der Waals surface area contributed by atoms with E-state index in [4.69, 9.17) is 15.7 Å². The molecule has 3 nitrogen and oxygen atoms in total. The molecule has 0 aliphatic carbocycles. The second kappa shape index (κ2) is 4.95. The Morgan fingerprint density at radius 3 is 2.75 bits per heavy atom. The lowest BCUT2D eigenvalue weighted by Gasteiger charge is -2.21. The number of benzene rings is 1. The summed E-state index contributed by atoms with van der Waals surface area (Å²) in [6, 6.07) is 8.14. The minimum Gasteiger partial charge on any atom is -0.488 e. The lowest BCUT2D eigenvalue weighted by atomic mass is 9.98. The molecule has 2 atom stereocenters. The maximum absolute atomic E-state index is 13.2. The molecule has 0 saturated heterocycles. The van der Waals surface area contributed by atoms with E-state index in [2.05, 4.69) is 0 Å². The number of nitrogens with zero attached hydrogens (tertiary/aromatic N) is 1. The molecule has 0 amide bonds. The van der Waals surface area contributed by atoms with Gasteiger partial charge in [-0.15, -0.1) is 0 Å². The molecule has 0 fully saturated rings. The maximum atomic E-state index is 13.2. The highest BCUT2D eigenvalue weighted by atomic mass is 19.1. The van der Waals surface area contributed by atoms with E-state index in [0.717, 1.165) is 0 Å². The molecular weight excluding hydrogens is 207 g/mol. The Bertz CT molecular complexity index is 398. The normalized spacial score (nSPS) is 15.9. The van der Waals surface area contributed by atoms with Crippen molar-refractivity contribution in [2.45, 2.75) is 31.9 Å². The zero-order valence-corrected chi connectivity index (χ0v) is 9.40. The SMILES string of the molecule is CC(CC(C)(N)C#N)Oc1ccccc1F. The zero-order chi connectivity index (χ0) is 12.2. The minimum absolute atomic E-state index is 0.184. The van der Waals surface area contributed by atoms with Gasteiger partial charge in [-0.25, -0.2) is 4.39 Å². The van der Waals surface area contributed by atoms with Crippen molar-refractivity contribution in [3.63, 3.8) is 0 Å². The van der Waals surface area contributed by atoms with Gasteiger partial charge in [0.1, 0.15) is 5.54 Å². The van der Waals surface area contributed by atoms with Gasteiger partial charge in [0.15, 0.2) is 11.6 Å². The maximum Gasteiger partial charge on any atom is 0.165 e. The third-order valence-electron chi connectivity index (χ3n) is 2.13. The van der Waals surface area contributed by atoms with Crippen LogP contribution in [-0.4, -0.2) is 11.6 Å². The fourth-order valence-corrected chi connectivity index (χ4v) is 1.44. The molecule has 0 radical (unpaired) electrons. The topological polar surface area (TPSA) is 59.0 Å². The van der Waals surface area contributed by atoms with Crippen LogP contribution in [0.3, 0.4) is 0 Å². The number of ether oxygens (including phenoxy) is 1. The smallest absolute Gasteiger partial charge is 0.165 e. The van der Waals surface area contributed by atoms with Crippen LogP contribution in [0.4, 0.5) is 4.39 Å². The van der Waals surface area contributed by atoms with Crippen molar-refractivity contribution in [3.05, 3.63) is 30.1 Å². The van der Waals surface area contributed by atoms with Crippen molar-refractivity contribution < 1.29 is 9.13 Å².